The summed E-state index contributed by atoms with van der Waals surface area (Å²) in [4.78, 5) is 0. The van der Waals surface area contributed by atoms with E-state index in [1.807, 2.05) is 6.07 Å². The second-order valence-electron chi connectivity index (χ2n) is 6.93. The van der Waals surface area contributed by atoms with E-state index in [-0.39, 0.29) is 0 Å². The van der Waals surface area contributed by atoms with Crippen LogP contribution in [0, 0.1) is 23.7 Å². The molecule has 1 aromatic rings. The van der Waals surface area contributed by atoms with Gasteiger partial charge in [0.2, 0.25) is 0 Å². The van der Waals surface area contributed by atoms with Crippen molar-refractivity contribution in [3.05, 3.63) is 20.3 Å². The standard InChI is InChI=1S/C16H21Cl2NS/c1-8(12-7-15(17)20-16(12)18)19-14-6-9-5-13(14)11-4-2-3-10(9)11/h7-11,13-14,19H,2-6H2,1H3. The number of nitrogens with one attached hydrogen (secondary N) is 1. The van der Waals surface area contributed by atoms with E-state index in [1.165, 1.54) is 49.0 Å². The number of rotatable bonds is 3. The molecule has 6 atom stereocenters. The van der Waals surface area contributed by atoms with Gasteiger partial charge in [-0.05, 0) is 67.9 Å². The van der Waals surface area contributed by atoms with Gasteiger partial charge in [-0.2, -0.15) is 0 Å². The van der Waals surface area contributed by atoms with Crippen molar-refractivity contribution in [1.82, 2.24) is 5.32 Å². The van der Waals surface area contributed by atoms with Gasteiger partial charge in [0.15, 0.2) is 0 Å². The predicted molar refractivity (Wildman–Crippen MR) is 86.7 cm³/mol. The van der Waals surface area contributed by atoms with Crippen LogP contribution in [0.2, 0.25) is 8.67 Å². The predicted octanol–water partition coefficient (Wildman–Crippen LogP) is 5.53. The number of hydrogen-bond donors (Lipinski definition) is 1. The van der Waals surface area contributed by atoms with Crippen LogP contribution in [0.15, 0.2) is 6.07 Å². The fraction of sp³-hybridized carbons (Fsp3) is 0.750. The third-order valence-electron chi connectivity index (χ3n) is 6.04. The van der Waals surface area contributed by atoms with Gasteiger partial charge < -0.3 is 5.32 Å². The first-order chi connectivity index (χ1) is 9.63. The molecular weight excluding hydrogens is 309 g/mol. The maximum absolute atomic E-state index is 6.29. The summed E-state index contributed by atoms with van der Waals surface area (Å²) in [5, 5.41) is 3.86. The number of fused-ring (bicyclic) bond motifs is 5. The zero-order valence-electron chi connectivity index (χ0n) is 11.7. The van der Waals surface area contributed by atoms with E-state index < -0.39 is 0 Å². The van der Waals surface area contributed by atoms with Crippen molar-refractivity contribution >= 4 is 34.5 Å². The maximum atomic E-state index is 6.29. The molecule has 0 amide bonds. The number of halogens is 2. The van der Waals surface area contributed by atoms with Crippen LogP contribution in [-0.4, -0.2) is 6.04 Å². The SMILES string of the molecule is CC(NC1CC2CC1C1CCCC21)c1cc(Cl)sc1Cl. The Bertz CT molecular complexity index is 515. The lowest BCUT2D eigenvalue weighted by Gasteiger charge is -2.34. The van der Waals surface area contributed by atoms with E-state index in [0.29, 0.717) is 12.1 Å². The smallest absolute Gasteiger partial charge is 0.0991 e. The topological polar surface area (TPSA) is 12.0 Å². The minimum atomic E-state index is 0.315. The molecule has 0 spiro atoms. The first-order valence-electron chi connectivity index (χ1n) is 7.84. The van der Waals surface area contributed by atoms with Crippen LogP contribution in [0.25, 0.3) is 0 Å². The van der Waals surface area contributed by atoms with E-state index in [1.54, 1.807) is 0 Å². The Labute approximate surface area is 135 Å². The van der Waals surface area contributed by atoms with Gasteiger partial charge in [0, 0.05) is 12.1 Å². The van der Waals surface area contributed by atoms with E-state index in [4.69, 9.17) is 23.2 Å². The molecule has 1 N–H and O–H groups in total. The highest BCUT2D eigenvalue weighted by Crippen LogP contribution is 2.59. The van der Waals surface area contributed by atoms with Crippen molar-refractivity contribution in [2.75, 3.05) is 0 Å². The third-order valence-corrected chi connectivity index (χ3v) is 7.56. The molecule has 2 bridgehead atoms. The molecule has 4 heteroatoms. The molecule has 0 aliphatic heterocycles. The summed E-state index contributed by atoms with van der Waals surface area (Å²) in [6, 6.07) is 3.04. The van der Waals surface area contributed by atoms with Gasteiger partial charge in [0.25, 0.3) is 0 Å². The molecule has 1 heterocycles. The summed E-state index contributed by atoms with van der Waals surface area (Å²) >= 11 is 13.8. The molecule has 3 aliphatic carbocycles. The maximum Gasteiger partial charge on any atom is 0.0991 e. The average molecular weight is 330 g/mol. The molecule has 4 rings (SSSR count). The number of hydrogen-bond acceptors (Lipinski definition) is 2. The zero-order valence-corrected chi connectivity index (χ0v) is 14.1. The summed E-state index contributed by atoms with van der Waals surface area (Å²) in [7, 11) is 0. The summed E-state index contributed by atoms with van der Waals surface area (Å²) in [5.41, 5.74) is 1.17. The normalized spacial score (nSPS) is 40.2. The Morgan fingerprint density at radius 2 is 2.00 bits per heavy atom. The Morgan fingerprint density at radius 1 is 1.20 bits per heavy atom. The first kappa shape index (κ1) is 13.9. The molecule has 6 unspecified atom stereocenters. The summed E-state index contributed by atoms with van der Waals surface area (Å²) in [6.45, 7) is 2.22. The minimum Gasteiger partial charge on any atom is -0.307 e. The lowest BCUT2D eigenvalue weighted by molar-refractivity contribution is 0.200. The minimum absolute atomic E-state index is 0.315. The fourth-order valence-corrected chi connectivity index (χ4v) is 6.96. The quantitative estimate of drug-likeness (QED) is 0.768. The van der Waals surface area contributed by atoms with Crippen molar-refractivity contribution in [3.8, 4) is 0 Å². The highest BCUT2D eigenvalue weighted by molar-refractivity contribution is 7.20. The third kappa shape index (κ3) is 2.15. The highest BCUT2D eigenvalue weighted by Gasteiger charge is 2.53. The zero-order chi connectivity index (χ0) is 13.9. The second kappa shape index (κ2) is 5.15. The molecule has 1 nitrogen and oxygen atoms in total. The van der Waals surface area contributed by atoms with Crippen LogP contribution in [0.3, 0.4) is 0 Å². The second-order valence-corrected chi connectivity index (χ2v) is 9.21. The molecule has 3 aliphatic rings. The average Bonchev–Trinajstić information content (AvgIpc) is 3.09. The molecule has 0 aromatic carbocycles. The number of thiophene rings is 1. The summed E-state index contributed by atoms with van der Waals surface area (Å²) in [6.07, 6.45) is 7.30. The van der Waals surface area contributed by atoms with Gasteiger partial charge >= 0.3 is 0 Å². The largest absolute Gasteiger partial charge is 0.307 e. The van der Waals surface area contributed by atoms with Crippen molar-refractivity contribution < 1.29 is 0 Å². The summed E-state index contributed by atoms with van der Waals surface area (Å²) < 4.78 is 1.64. The van der Waals surface area contributed by atoms with Crippen LogP contribution in [0.4, 0.5) is 0 Å². The van der Waals surface area contributed by atoms with Crippen molar-refractivity contribution in [2.45, 2.75) is 51.1 Å². The van der Waals surface area contributed by atoms with Gasteiger partial charge in [-0.15, -0.1) is 11.3 Å². The Balaban J connectivity index is 1.46. The molecule has 1 aromatic heterocycles. The van der Waals surface area contributed by atoms with Gasteiger partial charge in [-0.1, -0.05) is 29.6 Å². The van der Waals surface area contributed by atoms with Crippen LogP contribution in [0.5, 0.6) is 0 Å². The lowest BCUT2D eigenvalue weighted by Crippen LogP contribution is -2.40. The molecule has 3 saturated carbocycles. The van der Waals surface area contributed by atoms with Gasteiger partial charge in [-0.3, -0.25) is 0 Å². The van der Waals surface area contributed by atoms with E-state index >= 15 is 0 Å². The first-order valence-corrected chi connectivity index (χ1v) is 9.41. The molecule has 3 fully saturated rings. The van der Waals surface area contributed by atoms with Crippen molar-refractivity contribution in [2.24, 2.45) is 23.7 Å². The van der Waals surface area contributed by atoms with Crippen LogP contribution in [0.1, 0.15) is 50.6 Å². The molecular formula is C16H21Cl2NS. The van der Waals surface area contributed by atoms with Crippen LogP contribution in [-0.2, 0) is 0 Å². The molecule has 20 heavy (non-hydrogen) atoms. The van der Waals surface area contributed by atoms with Crippen LogP contribution >= 0.6 is 34.5 Å². The Morgan fingerprint density at radius 3 is 2.75 bits per heavy atom. The van der Waals surface area contributed by atoms with Gasteiger partial charge in [0.05, 0.1) is 8.67 Å². The van der Waals surface area contributed by atoms with E-state index in [0.717, 1.165) is 32.3 Å². The van der Waals surface area contributed by atoms with Gasteiger partial charge in [0.1, 0.15) is 0 Å². The highest BCUT2D eigenvalue weighted by atomic mass is 35.5. The fourth-order valence-electron chi connectivity index (χ4n) is 5.32. The Hall–Kier alpha value is 0.240. The monoisotopic (exact) mass is 329 g/mol. The molecule has 110 valence electrons. The van der Waals surface area contributed by atoms with Crippen LogP contribution < -0.4 is 5.32 Å². The Kier molecular flexibility index (Phi) is 3.58. The molecule has 0 radical (unpaired) electrons. The lowest BCUT2D eigenvalue weighted by atomic mass is 9.79. The van der Waals surface area contributed by atoms with Gasteiger partial charge in [-0.25, -0.2) is 0 Å². The summed E-state index contributed by atoms with van der Waals surface area (Å²) in [5.74, 6) is 3.99. The van der Waals surface area contributed by atoms with E-state index in [2.05, 4.69) is 12.2 Å². The van der Waals surface area contributed by atoms with Crippen molar-refractivity contribution in [1.29, 1.82) is 0 Å². The van der Waals surface area contributed by atoms with Crippen molar-refractivity contribution in [3.63, 3.8) is 0 Å². The molecule has 0 saturated heterocycles. The van der Waals surface area contributed by atoms with E-state index in [9.17, 15) is 0 Å².